The molecule has 1 rings (SSSR count). The highest BCUT2D eigenvalue weighted by molar-refractivity contribution is 9.10. The molecule has 0 spiro atoms. The van der Waals surface area contributed by atoms with Crippen LogP contribution in [0.5, 0.6) is 0 Å². The number of esters is 1. The van der Waals surface area contributed by atoms with E-state index < -0.39 is 28.0 Å². The summed E-state index contributed by atoms with van der Waals surface area (Å²) >= 11 is 3.29. The van der Waals surface area contributed by atoms with Crippen molar-refractivity contribution in [2.24, 2.45) is 5.41 Å². The summed E-state index contributed by atoms with van der Waals surface area (Å²) in [5.41, 5.74) is -1.28. The van der Waals surface area contributed by atoms with E-state index in [0.29, 0.717) is 4.90 Å². The zero-order valence-electron chi connectivity index (χ0n) is 11.6. The monoisotopic (exact) mass is 360 g/mol. The van der Waals surface area contributed by atoms with Gasteiger partial charge in [-0.3, -0.25) is 13.8 Å². The number of rotatable bonds is 6. The van der Waals surface area contributed by atoms with E-state index in [4.69, 9.17) is 4.74 Å². The van der Waals surface area contributed by atoms with E-state index in [9.17, 15) is 13.8 Å². The molecule has 0 saturated heterocycles. The summed E-state index contributed by atoms with van der Waals surface area (Å²) in [7, 11) is -1.48. The fourth-order valence-corrected chi connectivity index (χ4v) is 3.22. The molecule has 20 heavy (non-hydrogen) atoms. The highest BCUT2D eigenvalue weighted by atomic mass is 79.9. The van der Waals surface area contributed by atoms with Crippen LogP contribution in [0.2, 0.25) is 0 Å². The molecule has 1 aromatic rings. The minimum absolute atomic E-state index is 0.206. The van der Waals surface area contributed by atoms with Crippen molar-refractivity contribution < 1.29 is 18.5 Å². The largest absolute Gasteiger partial charge is 0.465 e. The number of carbonyl (C=O) groups excluding carboxylic acids is 2. The Labute approximate surface area is 129 Å². The lowest BCUT2D eigenvalue weighted by atomic mass is 9.89. The van der Waals surface area contributed by atoms with E-state index in [0.717, 1.165) is 4.47 Å². The number of hydrogen-bond donors (Lipinski definition) is 0. The molecule has 1 unspecified atom stereocenters. The molecular formula is C14H17BrO4S. The average molecular weight is 361 g/mol. The van der Waals surface area contributed by atoms with Gasteiger partial charge in [0, 0.05) is 9.37 Å². The second kappa shape index (κ2) is 7.13. The maximum atomic E-state index is 12.2. The van der Waals surface area contributed by atoms with Crippen LogP contribution in [0.3, 0.4) is 0 Å². The maximum absolute atomic E-state index is 12.2. The molecule has 0 aromatic heterocycles. The topological polar surface area (TPSA) is 60.4 Å². The summed E-state index contributed by atoms with van der Waals surface area (Å²) in [5.74, 6) is -1.19. The van der Waals surface area contributed by atoms with Gasteiger partial charge in [0.25, 0.3) is 0 Å². The third-order valence-electron chi connectivity index (χ3n) is 2.80. The van der Waals surface area contributed by atoms with Crippen LogP contribution >= 0.6 is 15.9 Å². The predicted molar refractivity (Wildman–Crippen MR) is 80.8 cm³/mol. The molecule has 4 nitrogen and oxygen atoms in total. The third-order valence-corrected chi connectivity index (χ3v) is 4.60. The van der Waals surface area contributed by atoms with E-state index in [1.54, 1.807) is 25.1 Å². The average Bonchev–Trinajstić information content (AvgIpc) is 2.38. The molecule has 0 aliphatic carbocycles. The van der Waals surface area contributed by atoms with Gasteiger partial charge in [0.15, 0.2) is 5.78 Å². The third kappa shape index (κ3) is 4.24. The zero-order valence-corrected chi connectivity index (χ0v) is 14.0. The highest BCUT2D eigenvalue weighted by Crippen LogP contribution is 2.21. The predicted octanol–water partition coefficient (Wildman–Crippen LogP) is 2.72. The number of ether oxygens (including phenoxy) is 1. The lowest BCUT2D eigenvalue weighted by molar-refractivity contribution is -0.157. The van der Waals surface area contributed by atoms with Crippen molar-refractivity contribution in [3.8, 4) is 0 Å². The van der Waals surface area contributed by atoms with Gasteiger partial charge in [-0.1, -0.05) is 22.0 Å². The van der Waals surface area contributed by atoms with Gasteiger partial charge in [0.2, 0.25) is 0 Å². The number of halogens is 1. The fourth-order valence-electron chi connectivity index (χ4n) is 1.42. The van der Waals surface area contributed by atoms with E-state index in [-0.39, 0.29) is 12.4 Å². The summed E-state index contributed by atoms with van der Waals surface area (Å²) < 4.78 is 17.8. The minimum atomic E-state index is -1.48. The maximum Gasteiger partial charge on any atom is 0.319 e. The van der Waals surface area contributed by atoms with Crippen LogP contribution in [0.25, 0.3) is 0 Å². The van der Waals surface area contributed by atoms with Gasteiger partial charge in [-0.05, 0) is 39.0 Å². The summed E-state index contributed by atoms with van der Waals surface area (Å²) in [6.07, 6.45) is 0. The quantitative estimate of drug-likeness (QED) is 0.577. The molecule has 0 N–H and O–H groups in total. The van der Waals surface area contributed by atoms with E-state index >= 15 is 0 Å². The summed E-state index contributed by atoms with van der Waals surface area (Å²) in [6.45, 7) is 4.87. The van der Waals surface area contributed by atoms with Gasteiger partial charge in [0.05, 0.1) is 23.2 Å². The number of ketones is 1. The fraction of sp³-hybridized carbons (Fsp3) is 0.429. The SMILES string of the molecule is CCOC(=O)C(C)(C)C(=O)CS(=O)c1cccc(Br)c1. The number of hydrogen-bond acceptors (Lipinski definition) is 4. The van der Waals surface area contributed by atoms with E-state index in [2.05, 4.69) is 15.9 Å². The van der Waals surface area contributed by atoms with Crippen molar-refractivity contribution in [3.63, 3.8) is 0 Å². The van der Waals surface area contributed by atoms with Crippen LogP contribution in [0.4, 0.5) is 0 Å². The molecule has 0 radical (unpaired) electrons. The van der Waals surface area contributed by atoms with Crippen molar-refractivity contribution in [1.82, 2.24) is 0 Å². The van der Waals surface area contributed by atoms with Crippen molar-refractivity contribution >= 4 is 38.5 Å². The Hall–Kier alpha value is -1.01. The highest BCUT2D eigenvalue weighted by Gasteiger charge is 2.37. The number of benzene rings is 1. The first kappa shape index (κ1) is 17.0. The Bertz CT molecular complexity index is 540. The lowest BCUT2D eigenvalue weighted by Crippen LogP contribution is -2.37. The van der Waals surface area contributed by atoms with Crippen LogP contribution < -0.4 is 0 Å². The first-order valence-electron chi connectivity index (χ1n) is 6.13. The van der Waals surface area contributed by atoms with Crippen LogP contribution in [0, 0.1) is 5.41 Å². The van der Waals surface area contributed by atoms with Gasteiger partial charge in [-0.2, -0.15) is 0 Å². The lowest BCUT2D eigenvalue weighted by Gasteiger charge is -2.20. The van der Waals surface area contributed by atoms with Gasteiger partial charge >= 0.3 is 5.97 Å². The van der Waals surface area contributed by atoms with Crippen LogP contribution in [-0.4, -0.2) is 28.3 Å². The Balaban J connectivity index is 2.80. The Morgan fingerprint density at radius 2 is 2.00 bits per heavy atom. The van der Waals surface area contributed by atoms with Gasteiger partial charge in [-0.15, -0.1) is 0 Å². The second-order valence-electron chi connectivity index (χ2n) is 4.72. The Kier molecular flexibility index (Phi) is 6.07. The normalized spacial score (nSPS) is 12.8. The standard InChI is InChI=1S/C14H17BrO4S/c1-4-19-13(17)14(2,3)12(16)9-20(18)11-7-5-6-10(15)8-11/h5-8H,4,9H2,1-3H3. The first-order valence-corrected chi connectivity index (χ1v) is 8.24. The summed E-state index contributed by atoms with van der Waals surface area (Å²) in [5, 5.41) is 0. The molecule has 0 heterocycles. The van der Waals surface area contributed by atoms with Gasteiger partial charge in [-0.25, -0.2) is 0 Å². The van der Waals surface area contributed by atoms with Crippen molar-refractivity contribution in [2.45, 2.75) is 25.7 Å². The Morgan fingerprint density at radius 3 is 2.55 bits per heavy atom. The minimum Gasteiger partial charge on any atom is -0.465 e. The molecule has 1 aromatic carbocycles. The number of Topliss-reactive ketones (excluding diaryl/α,β-unsaturated/α-hetero) is 1. The van der Waals surface area contributed by atoms with Crippen LogP contribution in [0.15, 0.2) is 33.6 Å². The second-order valence-corrected chi connectivity index (χ2v) is 7.08. The van der Waals surface area contributed by atoms with Crippen molar-refractivity contribution in [3.05, 3.63) is 28.7 Å². The number of carbonyl (C=O) groups is 2. The molecule has 0 fully saturated rings. The molecule has 0 aliphatic rings. The van der Waals surface area contributed by atoms with Crippen molar-refractivity contribution in [1.29, 1.82) is 0 Å². The zero-order chi connectivity index (χ0) is 15.3. The molecule has 0 saturated carbocycles. The Morgan fingerprint density at radius 1 is 1.35 bits per heavy atom. The van der Waals surface area contributed by atoms with Crippen LogP contribution in [0.1, 0.15) is 20.8 Å². The molecule has 0 aliphatic heterocycles. The molecule has 6 heteroatoms. The van der Waals surface area contributed by atoms with E-state index in [1.165, 1.54) is 13.8 Å². The summed E-state index contributed by atoms with van der Waals surface area (Å²) in [6, 6.07) is 6.94. The molecule has 0 bridgehead atoms. The molecule has 110 valence electrons. The molecular weight excluding hydrogens is 344 g/mol. The van der Waals surface area contributed by atoms with Crippen molar-refractivity contribution in [2.75, 3.05) is 12.4 Å². The first-order chi connectivity index (χ1) is 9.28. The summed E-state index contributed by atoms with van der Waals surface area (Å²) in [4.78, 5) is 24.4. The van der Waals surface area contributed by atoms with Crippen LogP contribution in [-0.2, 0) is 25.1 Å². The smallest absolute Gasteiger partial charge is 0.319 e. The molecule has 0 amide bonds. The van der Waals surface area contributed by atoms with Gasteiger partial charge in [0.1, 0.15) is 5.41 Å². The molecule has 1 atom stereocenters. The van der Waals surface area contributed by atoms with E-state index in [1.807, 2.05) is 6.07 Å². The van der Waals surface area contributed by atoms with Gasteiger partial charge < -0.3 is 4.74 Å².